The van der Waals surface area contributed by atoms with Crippen LogP contribution in [0.1, 0.15) is 68.3 Å². The number of sulfonamides is 1. The molecule has 2 aliphatic rings. The summed E-state index contributed by atoms with van der Waals surface area (Å²) in [6, 6.07) is 5.20. The van der Waals surface area contributed by atoms with Gasteiger partial charge in [-0.25, -0.2) is 8.42 Å². The molecule has 2 fully saturated rings. The largest absolute Gasteiger partial charge is 0.349 e. The van der Waals surface area contributed by atoms with E-state index in [0.717, 1.165) is 32.1 Å². The summed E-state index contributed by atoms with van der Waals surface area (Å²) in [6.45, 7) is 7.35. The van der Waals surface area contributed by atoms with Crippen molar-refractivity contribution in [1.82, 2.24) is 9.62 Å². The molecule has 1 amide bonds. The number of nitrogens with one attached hydrogen (secondary N) is 1. The molecule has 27 heavy (non-hydrogen) atoms. The topological polar surface area (TPSA) is 66.5 Å². The predicted octanol–water partition coefficient (Wildman–Crippen LogP) is 3.72. The summed E-state index contributed by atoms with van der Waals surface area (Å²) in [7, 11) is -3.55. The highest BCUT2D eigenvalue weighted by Gasteiger charge is 2.30. The molecule has 6 heteroatoms. The summed E-state index contributed by atoms with van der Waals surface area (Å²) in [5.74, 6) is 0.859. The van der Waals surface area contributed by atoms with Gasteiger partial charge in [0.15, 0.2) is 0 Å². The van der Waals surface area contributed by atoms with Crippen molar-refractivity contribution in [2.75, 3.05) is 13.1 Å². The van der Waals surface area contributed by atoms with E-state index < -0.39 is 10.0 Å². The van der Waals surface area contributed by atoms with E-state index in [1.807, 2.05) is 0 Å². The van der Waals surface area contributed by atoms with Crippen LogP contribution in [0.25, 0.3) is 0 Å². The van der Waals surface area contributed by atoms with Crippen molar-refractivity contribution in [3.63, 3.8) is 0 Å². The van der Waals surface area contributed by atoms with E-state index in [4.69, 9.17) is 0 Å². The van der Waals surface area contributed by atoms with Crippen molar-refractivity contribution in [3.8, 4) is 0 Å². The zero-order valence-corrected chi connectivity index (χ0v) is 17.5. The third kappa shape index (κ3) is 4.37. The van der Waals surface area contributed by atoms with Crippen LogP contribution in [0.15, 0.2) is 23.1 Å². The van der Waals surface area contributed by atoms with Gasteiger partial charge in [-0.2, -0.15) is 4.31 Å². The molecule has 0 aromatic heterocycles. The van der Waals surface area contributed by atoms with Gasteiger partial charge in [-0.05, 0) is 55.7 Å². The number of carbonyl (C=O) groups excluding carboxylic acids is 1. The summed E-state index contributed by atoms with van der Waals surface area (Å²) in [6.07, 6.45) is 6.19. The molecule has 1 aliphatic heterocycles. The molecule has 1 saturated carbocycles. The smallest absolute Gasteiger partial charge is 0.251 e. The van der Waals surface area contributed by atoms with Gasteiger partial charge < -0.3 is 5.32 Å². The molecule has 1 aliphatic carbocycles. The summed E-state index contributed by atoms with van der Waals surface area (Å²) in [5, 5.41) is 3.15. The van der Waals surface area contributed by atoms with Crippen molar-refractivity contribution in [3.05, 3.63) is 29.3 Å². The van der Waals surface area contributed by atoms with Gasteiger partial charge in [0, 0.05) is 24.7 Å². The Morgan fingerprint density at radius 1 is 1.07 bits per heavy atom. The number of amides is 1. The highest BCUT2D eigenvalue weighted by molar-refractivity contribution is 7.89. The number of rotatable bonds is 4. The van der Waals surface area contributed by atoms with Crippen LogP contribution in [0.4, 0.5) is 0 Å². The molecular formula is C21H32N2O3S. The van der Waals surface area contributed by atoms with E-state index in [1.54, 1.807) is 29.4 Å². The number of aryl methyl sites for hydroxylation is 1. The van der Waals surface area contributed by atoms with Gasteiger partial charge in [0.2, 0.25) is 10.0 Å². The van der Waals surface area contributed by atoms with E-state index in [9.17, 15) is 13.2 Å². The lowest BCUT2D eigenvalue weighted by molar-refractivity contribution is 0.0891. The quantitative estimate of drug-likeness (QED) is 0.849. The van der Waals surface area contributed by atoms with Crippen molar-refractivity contribution in [1.29, 1.82) is 0 Å². The predicted molar refractivity (Wildman–Crippen MR) is 107 cm³/mol. The second-order valence-corrected chi connectivity index (χ2v) is 10.2. The van der Waals surface area contributed by atoms with Gasteiger partial charge in [0.25, 0.3) is 5.91 Å². The first-order chi connectivity index (χ1) is 12.8. The van der Waals surface area contributed by atoms with Crippen molar-refractivity contribution < 1.29 is 13.2 Å². The standard InChI is InChI=1S/C21H32N2O3S/c1-15-8-7-9-19(17(15)3)22-21(24)18-11-10-16(2)20(14-18)27(25,26)23-12-5-4-6-13-23/h10-11,14-15,17,19H,4-9,12-13H2,1-3H3,(H,22,24)/t15-,17-,19-/m1/s1. The highest BCUT2D eigenvalue weighted by Crippen LogP contribution is 2.30. The van der Waals surface area contributed by atoms with Gasteiger partial charge in [0.05, 0.1) is 4.90 Å². The fourth-order valence-corrected chi connectivity index (χ4v) is 6.07. The van der Waals surface area contributed by atoms with Crippen LogP contribution >= 0.6 is 0 Å². The first-order valence-electron chi connectivity index (χ1n) is 10.2. The number of piperidine rings is 1. The third-order valence-electron chi connectivity index (χ3n) is 6.41. The zero-order valence-electron chi connectivity index (χ0n) is 16.7. The Balaban J connectivity index is 1.81. The Labute approximate surface area is 163 Å². The van der Waals surface area contributed by atoms with E-state index in [-0.39, 0.29) is 16.8 Å². The van der Waals surface area contributed by atoms with E-state index in [2.05, 4.69) is 19.2 Å². The average molecular weight is 393 g/mol. The first kappa shape index (κ1) is 20.3. The van der Waals surface area contributed by atoms with Gasteiger partial charge >= 0.3 is 0 Å². The molecule has 0 spiro atoms. The maximum Gasteiger partial charge on any atom is 0.251 e. The van der Waals surface area contributed by atoms with Crippen LogP contribution in [0.3, 0.4) is 0 Å². The highest BCUT2D eigenvalue weighted by atomic mass is 32.2. The Kier molecular flexibility index (Phi) is 6.26. The molecule has 1 aromatic carbocycles. The molecule has 5 nitrogen and oxygen atoms in total. The Bertz CT molecular complexity index is 785. The molecule has 3 atom stereocenters. The lowest BCUT2D eigenvalue weighted by atomic mass is 9.78. The Morgan fingerprint density at radius 2 is 1.78 bits per heavy atom. The van der Waals surface area contributed by atoms with E-state index in [0.29, 0.717) is 36.1 Å². The summed E-state index contributed by atoms with van der Waals surface area (Å²) < 4.78 is 27.7. The fourth-order valence-electron chi connectivity index (χ4n) is 4.30. The molecule has 1 heterocycles. The van der Waals surface area contributed by atoms with Gasteiger partial charge in [-0.15, -0.1) is 0 Å². The number of benzene rings is 1. The third-order valence-corrected chi connectivity index (χ3v) is 8.45. The molecule has 0 bridgehead atoms. The van der Waals surface area contributed by atoms with E-state index in [1.165, 1.54) is 6.42 Å². The van der Waals surface area contributed by atoms with E-state index >= 15 is 0 Å². The summed E-state index contributed by atoms with van der Waals surface area (Å²) in [4.78, 5) is 13.1. The second kappa shape index (κ2) is 8.31. The second-order valence-electron chi connectivity index (χ2n) is 8.29. The van der Waals surface area contributed by atoms with Crippen LogP contribution in [-0.2, 0) is 10.0 Å². The van der Waals surface area contributed by atoms with Crippen LogP contribution < -0.4 is 5.32 Å². The van der Waals surface area contributed by atoms with Crippen molar-refractivity contribution >= 4 is 15.9 Å². The number of hydrogen-bond donors (Lipinski definition) is 1. The normalized spacial score (nSPS) is 27.3. The molecule has 0 unspecified atom stereocenters. The van der Waals surface area contributed by atoms with Crippen LogP contribution in [-0.4, -0.2) is 37.8 Å². The zero-order chi connectivity index (χ0) is 19.6. The first-order valence-corrected chi connectivity index (χ1v) is 11.7. The molecule has 0 radical (unpaired) electrons. The molecular weight excluding hydrogens is 360 g/mol. The lowest BCUT2D eigenvalue weighted by Crippen LogP contribution is -2.43. The Morgan fingerprint density at radius 3 is 2.48 bits per heavy atom. The maximum atomic E-state index is 13.1. The minimum absolute atomic E-state index is 0.157. The van der Waals surface area contributed by atoms with Gasteiger partial charge in [-0.1, -0.05) is 39.2 Å². The van der Waals surface area contributed by atoms with Gasteiger partial charge in [-0.3, -0.25) is 4.79 Å². The number of nitrogens with zero attached hydrogens (tertiary/aromatic N) is 1. The molecule has 1 aromatic rings. The fraction of sp³-hybridized carbons (Fsp3) is 0.667. The average Bonchev–Trinajstić information content (AvgIpc) is 2.66. The van der Waals surface area contributed by atoms with Crippen LogP contribution in [0, 0.1) is 18.8 Å². The van der Waals surface area contributed by atoms with Crippen LogP contribution in [0.5, 0.6) is 0 Å². The maximum absolute atomic E-state index is 13.1. The van der Waals surface area contributed by atoms with Crippen molar-refractivity contribution in [2.24, 2.45) is 11.8 Å². The Hall–Kier alpha value is -1.40. The number of hydrogen-bond acceptors (Lipinski definition) is 3. The monoisotopic (exact) mass is 392 g/mol. The van der Waals surface area contributed by atoms with Crippen molar-refractivity contribution in [2.45, 2.75) is 70.2 Å². The minimum atomic E-state index is -3.55. The molecule has 1 N–H and O–H groups in total. The minimum Gasteiger partial charge on any atom is -0.349 e. The SMILES string of the molecule is Cc1ccc(C(=O)N[C@@H]2CCC[C@@H](C)[C@H]2C)cc1S(=O)(=O)N1CCCCC1. The summed E-state index contributed by atoms with van der Waals surface area (Å²) in [5.41, 5.74) is 1.12. The molecule has 1 saturated heterocycles. The number of carbonyl (C=O) groups is 1. The lowest BCUT2D eigenvalue weighted by Gasteiger charge is -2.34. The summed E-state index contributed by atoms with van der Waals surface area (Å²) >= 11 is 0. The molecule has 3 rings (SSSR count). The molecule has 150 valence electrons. The van der Waals surface area contributed by atoms with Gasteiger partial charge in [0.1, 0.15) is 0 Å². The van der Waals surface area contributed by atoms with Crippen LogP contribution in [0.2, 0.25) is 0 Å².